The molecule has 1 aromatic carbocycles. The molecule has 2 aliphatic heterocycles. The van der Waals surface area contributed by atoms with E-state index < -0.39 is 21.8 Å². The molecule has 3 heterocycles. The summed E-state index contributed by atoms with van der Waals surface area (Å²) < 4.78 is 68.3. The van der Waals surface area contributed by atoms with Gasteiger partial charge in [0.15, 0.2) is 5.60 Å². The summed E-state index contributed by atoms with van der Waals surface area (Å²) in [6, 6.07) is 8.13. The molecule has 2 fully saturated rings. The van der Waals surface area contributed by atoms with Crippen molar-refractivity contribution in [2.45, 2.75) is 54.8 Å². The van der Waals surface area contributed by atoms with Crippen molar-refractivity contribution in [3.63, 3.8) is 0 Å². The van der Waals surface area contributed by atoms with E-state index in [1.807, 2.05) is 11.8 Å². The number of nitrogens with one attached hydrogen (secondary N) is 1. The fourth-order valence-electron chi connectivity index (χ4n) is 5.06. The molecule has 0 radical (unpaired) electrons. The smallest absolute Gasteiger partial charge is 0.376 e. The van der Waals surface area contributed by atoms with Gasteiger partial charge in [-0.25, -0.2) is 8.42 Å². The van der Waals surface area contributed by atoms with Gasteiger partial charge in [-0.1, -0.05) is 31.5 Å². The molecule has 0 saturated carbocycles. The zero-order valence-corrected chi connectivity index (χ0v) is 22.9. The molecule has 1 aromatic heterocycles. The third-order valence-electron chi connectivity index (χ3n) is 7.30. The molecule has 38 heavy (non-hydrogen) atoms. The molecule has 2 N–H and O–H groups in total. The maximum Gasteiger partial charge on any atom is 0.421 e. The third-order valence-corrected chi connectivity index (χ3v) is 10.5. The Morgan fingerprint density at radius 3 is 2.45 bits per heavy atom. The van der Waals surface area contributed by atoms with Gasteiger partial charge in [-0.05, 0) is 42.5 Å². The Morgan fingerprint density at radius 1 is 1.13 bits per heavy atom. The quantitative estimate of drug-likeness (QED) is 0.504. The van der Waals surface area contributed by atoms with Crippen LogP contribution in [0, 0.1) is 0 Å². The van der Waals surface area contributed by atoms with Crippen LogP contribution in [0.25, 0.3) is 0 Å². The lowest BCUT2D eigenvalue weighted by Crippen LogP contribution is -2.62. The maximum absolute atomic E-state index is 13.3. The van der Waals surface area contributed by atoms with Crippen LogP contribution in [0.4, 0.5) is 18.9 Å². The van der Waals surface area contributed by atoms with Gasteiger partial charge in [0.25, 0.3) is 10.0 Å². The van der Waals surface area contributed by atoms with Gasteiger partial charge in [0.2, 0.25) is 5.91 Å². The van der Waals surface area contributed by atoms with E-state index in [2.05, 4.69) is 10.2 Å². The molecular formula is C25H33F3N4O4S2. The average Bonchev–Trinajstić information content (AvgIpc) is 3.42. The van der Waals surface area contributed by atoms with Crippen molar-refractivity contribution in [3.05, 3.63) is 47.3 Å². The molecule has 1 amide bonds. The molecule has 3 atom stereocenters. The van der Waals surface area contributed by atoms with Gasteiger partial charge < -0.3 is 15.3 Å². The summed E-state index contributed by atoms with van der Waals surface area (Å²) in [4.78, 5) is 16.7. The van der Waals surface area contributed by atoms with E-state index >= 15 is 0 Å². The lowest BCUT2D eigenvalue weighted by Gasteiger charge is -2.46. The van der Waals surface area contributed by atoms with E-state index in [1.54, 1.807) is 17.5 Å². The Bertz CT molecular complexity index is 1200. The summed E-state index contributed by atoms with van der Waals surface area (Å²) in [5.74, 6) is -0.0535. The minimum Gasteiger partial charge on any atom is -0.376 e. The molecular weight excluding hydrogens is 541 g/mol. The van der Waals surface area contributed by atoms with Crippen molar-refractivity contribution >= 4 is 33.0 Å². The molecule has 4 rings (SSSR count). The van der Waals surface area contributed by atoms with Gasteiger partial charge in [-0.2, -0.15) is 17.5 Å². The molecule has 2 aliphatic rings. The van der Waals surface area contributed by atoms with Crippen LogP contribution in [0.15, 0.2) is 46.0 Å². The predicted molar refractivity (Wildman–Crippen MR) is 140 cm³/mol. The molecule has 0 spiro atoms. The van der Waals surface area contributed by atoms with Gasteiger partial charge in [-0.15, -0.1) is 11.3 Å². The number of sulfonamides is 1. The Kier molecular flexibility index (Phi) is 8.43. The summed E-state index contributed by atoms with van der Waals surface area (Å²) in [7, 11) is -3.71. The Hall–Kier alpha value is -2.19. The number of carbonyl (C=O) groups is 1. The van der Waals surface area contributed by atoms with Gasteiger partial charge in [0.1, 0.15) is 4.21 Å². The van der Waals surface area contributed by atoms with Crippen LogP contribution in [0.3, 0.4) is 0 Å². The highest BCUT2D eigenvalue weighted by Gasteiger charge is 2.51. The number of piperazine rings is 2. The minimum absolute atomic E-state index is 0.0535. The van der Waals surface area contributed by atoms with Crippen LogP contribution < -0.4 is 10.2 Å². The van der Waals surface area contributed by atoms with Crippen LogP contribution in [0.2, 0.25) is 0 Å². The molecule has 8 nitrogen and oxygen atoms in total. The molecule has 13 heteroatoms. The number of nitrogens with zero attached hydrogens (tertiary/aromatic N) is 3. The largest absolute Gasteiger partial charge is 0.421 e. The van der Waals surface area contributed by atoms with Crippen LogP contribution in [-0.2, 0) is 20.4 Å². The van der Waals surface area contributed by atoms with Crippen molar-refractivity contribution < 1.29 is 31.5 Å². The third kappa shape index (κ3) is 5.71. The summed E-state index contributed by atoms with van der Waals surface area (Å²) >= 11 is 1.15. The van der Waals surface area contributed by atoms with Crippen molar-refractivity contribution in [1.29, 1.82) is 0 Å². The fourth-order valence-corrected chi connectivity index (χ4v) is 7.67. The van der Waals surface area contributed by atoms with E-state index in [1.165, 1.54) is 28.6 Å². The Balaban J connectivity index is 1.63. The van der Waals surface area contributed by atoms with Gasteiger partial charge in [0.05, 0.1) is 12.1 Å². The van der Waals surface area contributed by atoms with Crippen LogP contribution in [-0.4, -0.2) is 86.2 Å². The molecule has 0 aliphatic carbocycles. The number of alkyl halides is 3. The Labute approximate surface area is 225 Å². The maximum atomic E-state index is 13.3. The number of hydrogen-bond acceptors (Lipinski definition) is 7. The summed E-state index contributed by atoms with van der Waals surface area (Å²) in [5.41, 5.74) is -2.65. The van der Waals surface area contributed by atoms with E-state index in [0.717, 1.165) is 17.8 Å². The highest BCUT2D eigenvalue weighted by atomic mass is 32.2. The number of aliphatic hydroxyl groups is 1. The van der Waals surface area contributed by atoms with E-state index in [9.17, 15) is 31.5 Å². The summed E-state index contributed by atoms with van der Waals surface area (Å²) in [6.45, 7) is 4.93. The Morgan fingerprint density at radius 2 is 1.84 bits per heavy atom. The van der Waals surface area contributed by atoms with Crippen molar-refractivity contribution in [2.24, 2.45) is 0 Å². The normalized spacial score (nSPS) is 23.7. The fraction of sp³-hybridized carbons (Fsp3) is 0.560. The van der Waals surface area contributed by atoms with Gasteiger partial charge in [-0.3, -0.25) is 9.69 Å². The average molecular weight is 575 g/mol. The van der Waals surface area contributed by atoms with Gasteiger partial charge >= 0.3 is 6.18 Å². The van der Waals surface area contributed by atoms with Crippen LogP contribution >= 0.6 is 11.3 Å². The van der Waals surface area contributed by atoms with Crippen molar-refractivity contribution in [2.75, 3.05) is 44.2 Å². The SMILES string of the molecule is CCCC1C(=O)NCCN1C[C@H]1CN(S(=O)(=O)c2cccs2)CCN1c1ccc(C(C)(O)C(F)(F)F)cc1. The second kappa shape index (κ2) is 11.1. The van der Waals surface area contributed by atoms with E-state index in [0.29, 0.717) is 45.2 Å². The number of hydrogen-bond donors (Lipinski definition) is 2. The highest BCUT2D eigenvalue weighted by molar-refractivity contribution is 7.91. The summed E-state index contributed by atoms with van der Waals surface area (Å²) in [5, 5.41) is 14.7. The number of halogens is 3. The van der Waals surface area contributed by atoms with Gasteiger partial charge in [0, 0.05) is 45.0 Å². The lowest BCUT2D eigenvalue weighted by molar-refractivity contribution is -0.258. The van der Waals surface area contributed by atoms with Crippen molar-refractivity contribution in [3.8, 4) is 0 Å². The molecule has 2 saturated heterocycles. The number of anilines is 1. The number of rotatable bonds is 8. The van der Waals surface area contributed by atoms with Crippen LogP contribution in [0.5, 0.6) is 0 Å². The zero-order chi connectivity index (χ0) is 27.7. The summed E-state index contributed by atoms with van der Waals surface area (Å²) in [6.07, 6.45) is -3.36. The molecule has 0 bridgehead atoms. The number of thiophene rings is 1. The van der Waals surface area contributed by atoms with E-state index in [4.69, 9.17) is 0 Å². The van der Waals surface area contributed by atoms with E-state index in [-0.39, 0.29) is 40.9 Å². The highest BCUT2D eigenvalue weighted by Crippen LogP contribution is 2.39. The number of amides is 1. The first kappa shape index (κ1) is 28.8. The first-order chi connectivity index (χ1) is 17.9. The van der Waals surface area contributed by atoms with Crippen molar-refractivity contribution in [1.82, 2.24) is 14.5 Å². The predicted octanol–water partition coefficient (Wildman–Crippen LogP) is 3.00. The standard InChI is InChI=1S/C25H33F3N4O4S2/c1-3-5-21-23(33)29-11-12-30(21)16-20-17-31(38(35,36)22-6-4-15-37-22)13-14-32(20)19-9-7-18(8-10-19)24(2,34)25(26,27)28/h4,6-10,15,20-21,34H,3,5,11-14,16-17H2,1-2H3,(H,29,33)/t20-,21?,24?/m0/s1. The minimum atomic E-state index is -4.83. The second-order valence-corrected chi connectivity index (χ2v) is 13.0. The lowest BCUT2D eigenvalue weighted by atomic mass is 9.95. The zero-order valence-electron chi connectivity index (χ0n) is 21.3. The first-order valence-electron chi connectivity index (χ1n) is 12.6. The second-order valence-electron chi connectivity index (χ2n) is 9.85. The molecule has 2 unspecified atom stereocenters. The monoisotopic (exact) mass is 574 g/mol. The number of carbonyl (C=O) groups excluding carboxylic acids is 1. The number of benzene rings is 1. The topological polar surface area (TPSA) is 93.2 Å². The first-order valence-corrected chi connectivity index (χ1v) is 14.9. The molecule has 2 aromatic rings. The molecule has 210 valence electrons. The van der Waals surface area contributed by atoms with Crippen LogP contribution in [0.1, 0.15) is 32.3 Å².